The van der Waals surface area contributed by atoms with E-state index in [9.17, 15) is 14.7 Å². The third kappa shape index (κ3) is 17.1. The van der Waals surface area contributed by atoms with E-state index in [0.717, 1.165) is 50.4 Å². The molecule has 0 aliphatic heterocycles. The van der Waals surface area contributed by atoms with Crippen LogP contribution in [0.4, 0.5) is 0 Å². The molecule has 0 aromatic carbocycles. The molecule has 0 heterocycles. The van der Waals surface area contributed by atoms with Gasteiger partial charge in [-0.2, -0.15) is 0 Å². The van der Waals surface area contributed by atoms with Crippen LogP contribution in [0, 0.1) is 11.8 Å². The first kappa shape index (κ1) is 24.3. The van der Waals surface area contributed by atoms with Gasteiger partial charge in [0.2, 0.25) is 0 Å². The van der Waals surface area contributed by atoms with Gasteiger partial charge in [0.15, 0.2) is 0 Å². The van der Waals surface area contributed by atoms with E-state index in [1.165, 1.54) is 38.5 Å². The van der Waals surface area contributed by atoms with Crippen molar-refractivity contribution in [3.63, 3.8) is 0 Å². The monoisotopic (exact) mass is 364 g/mol. The fourth-order valence-corrected chi connectivity index (χ4v) is 5.12. The van der Waals surface area contributed by atoms with Gasteiger partial charge in [0.05, 0.1) is 0 Å². The van der Waals surface area contributed by atoms with Crippen molar-refractivity contribution >= 4 is 7.28 Å². The zero-order valence-corrected chi connectivity index (χ0v) is 17.7. The Hall–Kier alpha value is 0.310. The molecule has 0 amide bonds. The molecule has 0 saturated heterocycles. The van der Waals surface area contributed by atoms with Crippen LogP contribution in [0.15, 0.2) is 0 Å². The van der Waals surface area contributed by atoms with Crippen molar-refractivity contribution < 1.29 is 14.7 Å². The summed E-state index contributed by atoms with van der Waals surface area (Å²) < 4.78 is 0. The molecule has 0 aromatic heterocycles. The zero-order valence-electron chi connectivity index (χ0n) is 16.8. The summed E-state index contributed by atoms with van der Waals surface area (Å²) in [4.78, 5) is 30.5. The first-order valence-electron chi connectivity index (χ1n) is 10.4. The standard InChI is InChI=1S/C20H45O3P/c1-19(2)15-11-7-5-9-13-17-24(21,22,23)18-14-10-6-8-12-16-20(3)4/h19-23H,5-18H2,1-4H3. The molecule has 0 rings (SSSR count). The summed E-state index contributed by atoms with van der Waals surface area (Å²) in [5.41, 5.74) is 0. The fraction of sp³-hybridized carbons (Fsp3) is 1.00. The van der Waals surface area contributed by atoms with Gasteiger partial charge in [-0.25, -0.2) is 0 Å². The van der Waals surface area contributed by atoms with Crippen LogP contribution in [0.25, 0.3) is 0 Å². The van der Waals surface area contributed by atoms with Gasteiger partial charge in [-0.1, -0.05) is 0 Å². The van der Waals surface area contributed by atoms with Gasteiger partial charge >= 0.3 is 151 Å². The van der Waals surface area contributed by atoms with Crippen LogP contribution in [0.5, 0.6) is 0 Å². The van der Waals surface area contributed by atoms with E-state index in [0.29, 0.717) is 0 Å². The van der Waals surface area contributed by atoms with Crippen LogP contribution in [-0.2, 0) is 0 Å². The van der Waals surface area contributed by atoms with Gasteiger partial charge < -0.3 is 0 Å². The van der Waals surface area contributed by atoms with Gasteiger partial charge in [-0.3, -0.25) is 0 Å². The second-order valence-electron chi connectivity index (χ2n) is 8.69. The van der Waals surface area contributed by atoms with Crippen molar-refractivity contribution in [3.8, 4) is 0 Å². The van der Waals surface area contributed by atoms with E-state index in [4.69, 9.17) is 0 Å². The Balaban J connectivity index is 3.63. The third-order valence-electron chi connectivity index (χ3n) is 4.80. The Bertz CT molecular complexity index is 269. The maximum absolute atomic E-state index is 10.2. The van der Waals surface area contributed by atoms with E-state index in [1.807, 2.05) is 0 Å². The minimum absolute atomic E-state index is 0.198. The summed E-state index contributed by atoms with van der Waals surface area (Å²) >= 11 is 0. The molecular formula is C20H45O3P. The van der Waals surface area contributed by atoms with E-state index in [2.05, 4.69) is 27.7 Å². The van der Waals surface area contributed by atoms with Crippen LogP contribution in [0.3, 0.4) is 0 Å². The fourth-order valence-electron chi connectivity index (χ4n) is 3.15. The van der Waals surface area contributed by atoms with Crippen molar-refractivity contribution in [2.75, 3.05) is 12.3 Å². The molecule has 0 bridgehead atoms. The van der Waals surface area contributed by atoms with Crippen LogP contribution >= 0.6 is 7.28 Å². The van der Waals surface area contributed by atoms with E-state index in [1.54, 1.807) is 0 Å². The van der Waals surface area contributed by atoms with Gasteiger partial charge in [0.1, 0.15) is 0 Å². The molecule has 0 spiro atoms. The van der Waals surface area contributed by atoms with Crippen LogP contribution in [0.1, 0.15) is 105 Å². The molecular weight excluding hydrogens is 319 g/mol. The molecule has 0 saturated carbocycles. The number of hydrogen-bond acceptors (Lipinski definition) is 3. The van der Waals surface area contributed by atoms with Crippen molar-refractivity contribution in [2.45, 2.75) is 105 Å². The first-order chi connectivity index (χ1) is 11.1. The Morgan fingerprint density at radius 3 is 1.12 bits per heavy atom. The van der Waals surface area contributed by atoms with Crippen molar-refractivity contribution in [2.24, 2.45) is 11.8 Å². The number of hydrogen-bond donors (Lipinski definition) is 3. The molecule has 0 fully saturated rings. The molecule has 3 nitrogen and oxygen atoms in total. The van der Waals surface area contributed by atoms with Crippen molar-refractivity contribution in [3.05, 3.63) is 0 Å². The summed E-state index contributed by atoms with van der Waals surface area (Å²) in [6, 6.07) is 0. The van der Waals surface area contributed by atoms with E-state index in [-0.39, 0.29) is 12.3 Å². The Labute approximate surface area is 151 Å². The molecule has 0 atom stereocenters. The van der Waals surface area contributed by atoms with Crippen LogP contribution < -0.4 is 0 Å². The molecule has 24 heavy (non-hydrogen) atoms. The van der Waals surface area contributed by atoms with Crippen LogP contribution in [-0.4, -0.2) is 27.0 Å². The quantitative estimate of drug-likeness (QED) is 0.224. The Morgan fingerprint density at radius 2 is 0.792 bits per heavy atom. The van der Waals surface area contributed by atoms with Gasteiger partial charge in [-0.15, -0.1) is 0 Å². The average Bonchev–Trinajstić information content (AvgIpc) is 2.44. The second-order valence-corrected chi connectivity index (χ2v) is 12.3. The molecule has 0 unspecified atom stereocenters. The summed E-state index contributed by atoms with van der Waals surface area (Å²) in [6.07, 6.45) is 13.6. The summed E-state index contributed by atoms with van der Waals surface area (Å²) in [7, 11) is -4.35. The number of unbranched alkanes of at least 4 members (excludes halogenated alkanes) is 8. The SMILES string of the molecule is CC(C)CCCCCCCP(O)(O)(O)CCCCCCCC(C)C. The second kappa shape index (κ2) is 12.6. The first-order valence-corrected chi connectivity index (χ1v) is 12.8. The summed E-state index contributed by atoms with van der Waals surface area (Å²) in [5.74, 6) is 1.54. The molecule has 0 aliphatic carbocycles. The maximum atomic E-state index is 10.2. The Morgan fingerprint density at radius 1 is 0.500 bits per heavy atom. The molecule has 0 radical (unpaired) electrons. The summed E-state index contributed by atoms with van der Waals surface area (Å²) in [6.45, 7) is 8.99. The van der Waals surface area contributed by atoms with Gasteiger partial charge in [0, 0.05) is 0 Å². The van der Waals surface area contributed by atoms with Gasteiger partial charge in [-0.05, 0) is 0 Å². The van der Waals surface area contributed by atoms with E-state index >= 15 is 0 Å². The molecule has 4 heteroatoms. The Kier molecular flexibility index (Phi) is 12.8. The van der Waals surface area contributed by atoms with Crippen molar-refractivity contribution in [1.29, 1.82) is 0 Å². The zero-order chi connectivity index (χ0) is 18.5. The minimum atomic E-state index is -4.35. The molecule has 3 N–H and O–H groups in total. The normalized spacial score (nSPS) is 14.3. The molecule has 0 aromatic rings. The summed E-state index contributed by atoms with van der Waals surface area (Å²) in [5, 5.41) is 0. The van der Waals surface area contributed by atoms with Crippen molar-refractivity contribution in [1.82, 2.24) is 0 Å². The van der Waals surface area contributed by atoms with Crippen LogP contribution in [0.2, 0.25) is 0 Å². The molecule has 148 valence electrons. The molecule has 0 aliphatic rings. The third-order valence-corrected chi connectivity index (χ3v) is 7.26. The predicted octanol–water partition coefficient (Wildman–Crippen LogP) is 6.25. The average molecular weight is 365 g/mol. The van der Waals surface area contributed by atoms with E-state index < -0.39 is 7.28 Å². The predicted molar refractivity (Wildman–Crippen MR) is 108 cm³/mol. The van der Waals surface area contributed by atoms with Gasteiger partial charge in [0.25, 0.3) is 0 Å². The number of rotatable bonds is 16. The topological polar surface area (TPSA) is 60.7 Å².